The molecule has 1 N–H and O–H groups in total. The first-order valence-electron chi connectivity index (χ1n) is 12.0. The summed E-state index contributed by atoms with van der Waals surface area (Å²) in [5.41, 5.74) is 4.68. The van der Waals surface area contributed by atoms with Crippen molar-refractivity contribution in [3.63, 3.8) is 0 Å². The van der Waals surface area contributed by atoms with Crippen molar-refractivity contribution >= 4 is 42.8 Å². The smallest absolute Gasteiger partial charge is 0.308 e. The zero-order valence-corrected chi connectivity index (χ0v) is 22.9. The first-order chi connectivity index (χ1) is 18.4. The number of hydrogen-bond donors (Lipinski definition) is 1. The van der Waals surface area contributed by atoms with Gasteiger partial charge in [-0.1, -0.05) is 24.3 Å². The summed E-state index contributed by atoms with van der Waals surface area (Å²) < 4.78 is 47.1. The number of aromatic nitrogens is 3. The summed E-state index contributed by atoms with van der Waals surface area (Å²) >= 11 is 0. The molecule has 0 saturated heterocycles. The van der Waals surface area contributed by atoms with Crippen LogP contribution >= 0.6 is 0 Å². The normalized spacial score (nSPS) is 15.2. The third kappa shape index (κ3) is 6.40. The van der Waals surface area contributed by atoms with E-state index in [1.54, 1.807) is 12.3 Å². The van der Waals surface area contributed by atoms with E-state index in [1.165, 1.54) is 35.7 Å². The molecule has 3 aromatic heterocycles. The lowest BCUT2D eigenvalue weighted by atomic mass is 9.94. The minimum atomic E-state index is -3.32. The van der Waals surface area contributed by atoms with Gasteiger partial charge in [0.15, 0.2) is 36.0 Å². The van der Waals surface area contributed by atoms with Crippen LogP contribution in [0.1, 0.15) is 33.6 Å². The van der Waals surface area contributed by atoms with Crippen molar-refractivity contribution in [3.8, 4) is 0 Å². The molecule has 1 aromatic carbocycles. The van der Waals surface area contributed by atoms with Gasteiger partial charge in [0.05, 0.1) is 5.92 Å². The molecule has 0 aliphatic carbocycles. The number of para-hydroxylation sites is 1. The highest BCUT2D eigenvalue weighted by Crippen LogP contribution is 2.34. The Balaban J connectivity index is 0.000000247. The largest absolute Gasteiger partial charge is 0.481 e. The van der Waals surface area contributed by atoms with Crippen molar-refractivity contribution in [1.82, 2.24) is 14.5 Å². The fourth-order valence-electron chi connectivity index (χ4n) is 4.56. The highest BCUT2D eigenvalue weighted by Gasteiger charge is 2.28. The maximum atomic E-state index is 11.6. The van der Waals surface area contributed by atoms with Crippen LogP contribution in [0.2, 0.25) is 0 Å². The molecule has 39 heavy (non-hydrogen) atoms. The van der Waals surface area contributed by atoms with Crippen LogP contribution in [0.4, 0.5) is 0 Å². The van der Waals surface area contributed by atoms with Crippen molar-refractivity contribution in [2.75, 3.05) is 12.5 Å². The Hall–Kier alpha value is -3.90. The molecule has 1 aliphatic heterocycles. The SMILES string of the molecule is CS(=O)(=O)c1ccc(C=O)cn1.CS(=O)(=O)c1ccc(Cc2c3n(c4ccccc24)CC(C(=O)O)CC3)cn1. The van der Waals surface area contributed by atoms with Crippen molar-refractivity contribution < 1.29 is 31.5 Å². The number of sulfone groups is 2. The van der Waals surface area contributed by atoms with Gasteiger partial charge < -0.3 is 9.67 Å². The van der Waals surface area contributed by atoms with Gasteiger partial charge in [-0.05, 0) is 48.2 Å². The van der Waals surface area contributed by atoms with Gasteiger partial charge in [0.2, 0.25) is 0 Å². The molecule has 1 aliphatic rings. The summed E-state index contributed by atoms with van der Waals surface area (Å²) in [4.78, 5) is 29.3. The summed E-state index contributed by atoms with van der Waals surface area (Å²) in [7, 11) is -6.57. The lowest BCUT2D eigenvalue weighted by Crippen LogP contribution is -2.26. The van der Waals surface area contributed by atoms with E-state index in [-0.39, 0.29) is 16.0 Å². The zero-order chi connectivity index (χ0) is 28.4. The first kappa shape index (κ1) is 28.1. The third-order valence-corrected chi connectivity index (χ3v) is 8.51. The number of pyridine rings is 2. The third-order valence-electron chi connectivity index (χ3n) is 6.51. The Morgan fingerprint density at radius 2 is 1.62 bits per heavy atom. The monoisotopic (exact) mass is 569 g/mol. The van der Waals surface area contributed by atoms with Gasteiger partial charge in [-0.25, -0.2) is 26.8 Å². The highest BCUT2D eigenvalue weighted by atomic mass is 32.2. The molecule has 12 heteroatoms. The Labute approximate surface area is 226 Å². The maximum absolute atomic E-state index is 11.6. The van der Waals surface area contributed by atoms with Crippen LogP contribution in [0.5, 0.6) is 0 Å². The Bertz CT molecular complexity index is 1740. The van der Waals surface area contributed by atoms with E-state index in [0.29, 0.717) is 31.2 Å². The average molecular weight is 570 g/mol. The van der Waals surface area contributed by atoms with Gasteiger partial charge in [0.25, 0.3) is 0 Å². The predicted molar refractivity (Wildman–Crippen MR) is 144 cm³/mol. The van der Waals surface area contributed by atoms with Gasteiger partial charge in [-0.3, -0.25) is 9.59 Å². The van der Waals surface area contributed by atoms with Gasteiger partial charge in [-0.15, -0.1) is 0 Å². The number of carbonyl (C=O) groups is 2. The predicted octanol–water partition coefficient (Wildman–Crippen LogP) is 2.98. The van der Waals surface area contributed by atoms with E-state index >= 15 is 0 Å². The second-order valence-corrected chi connectivity index (χ2v) is 13.3. The van der Waals surface area contributed by atoms with Gasteiger partial charge >= 0.3 is 5.97 Å². The van der Waals surface area contributed by atoms with Crippen LogP contribution in [-0.4, -0.2) is 61.2 Å². The van der Waals surface area contributed by atoms with Crippen LogP contribution in [0.3, 0.4) is 0 Å². The van der Waals surface area contributed by atoms with Gasteiger partial charge in [-0.2, -0.15) is 0 Å². The lowest BCUT2D eigenvalue weighted by molar-refractivity contribution is -0.142. The van der Waals surface area contributed by atoms with Gasteiger partial charge in [0.1, 0.15) is 0 Å². The first-order valence-corrected chi connectivity index (χ1v) is 15.7. The lowest BCUT2D eigenvalue weighted by Gasteiger charge is -2.23. The van der Waals surface area contributed by atoms with Crippen LogP contribution in [0.15, 0.2) is 71.0 Å². The van der Waals surface area contributed by atoms with Crippen molar-refractivity contribution in [2.24, 2.45) is 5.92 Å². The molecule has 0 amide bonds. The number of rotatable bonds is 6. The molecular formula is C27H27N3O7S2. The van der Waals surface area contributed by atoms with E-state index in [2.05, 4.69) is 20.6 Å². The molecule has 0 radical (unpaired) electrons. The number of fused-ring (bicyclic) bond motifs is 3. The molecular weight excluding hydrogens is 542 g/mol. The quantitative estimate of drug-likeness (QED) is 0.345. The van der Waals surface area contributed by atoms with E-state index in [0.717, 1.165) is 35.4 Å². The molecule has 204 valence electrons. The molecule has 10 nitrogen and oxygen atoms in total. The Kier molecular flexibility index (Phi) is 7.98. The molecule has 4 aromatic rings. The second kappa shape index (κ2) is 11.1. The topological polar surface area (TPSA) is 153 Å². The summed E-state index contributed by atoms with van der Waals surface area (Å²) in [6, 6.07) is 14.1. The molecule has 5 rings (SSSR count). The van der Waals surface area contributed by atoms with Crippen LogP contribution < -0.4 is 0 Å². The summed E-state index contributed by atoms with van der Waals surface area (Å²) in [6.45, 7) is 0.483. The van der Waals surface area contributed by atoms with E-state index in [1.807, 2.05) is 18.2 Å². The molecule has 0 saturated carbocycles. The fraction of sp³-hybridized carbons (Fsp3) is 0.259. The van der Waals surface area contributed by atoms with Crippen molar-refractivity contribution in [3.05, 3.63) is 83.3 Å². The summed E-state index contributed by atoms with van der Waals surface area (Å²) in [5, 5.41) is 10.6. The van der Waals surface area contributed by atoms with Crippen LogP contribution in [0, 0.1) is 5.92 Å². The molecule has 1 unspecified atom stereocenters. The standard InChI is InChI=1S/C20H20N2O4S.C7H7NO3S/c1-27(25,26)19-9-6-13(11-21-19)10-16-15-4-2-3-5-17(15)22-12-14(20(23)24)7-8-18(16)22;1-12(10,11)7-3-2-6(5-9)4-8-7/h2-6,9,11,14H,7-8,10,12H2,1H3,(H,23,24);2-5H,1H3. The maximum Gasteiger partial charge on any atom is 0.308 e. The van der Waals surface area contributed by atoms with Crippen LogP contribution in [0.25, 0.3) is 10.9 Å². The average Bonchev–Trinajstić information content (AvgIpc) is 3.21. The van der Waals surface area contributed by atoms with Crippen molar-refractivity contribution in [1.29, 1.82) is 0 Å². The van der Waals surface area contributed by atoms with Crippen LogP contribution in [-0.2, 0) is 43.9 Å². The number of benzene rings is 1. The Morgan fingerprint density at radius 3 is 2.15 bits per heavy atom. The number of carboxylic acids is 1. The Morgan fingerprint density at radius 1 is 0.974 bits per heavy atom. The molecule has 0 spiro atoms. The number of nitrogens with zero attached hydrogens (tertiary/aromatic N) is 3. The van der Waals surface area contributed by atoms with E-state index in [9.17, 15) is 31.5 Å². The number of carboxylic acid groups (broad SMARTS) is 1. The number of aliphatic carboxylic acids is 1. The number of aldehydes is 1. The number of hydrogen-bond acceptors (Lipinski definition) is 8. The molecule has 0 bridgehead atoms. The van der Waals surface area contributed by atoms with E-state index in [4.69, 9.17) is 0 Å². The fourth-order valence-corrected chi connectivity index (χ4v) is 5.68. The molecule has 1 atom stereocenters. The zero-order valence-electron chi connectivity index (χ0n) is 21.3. The highest BCUT2D eigenvalue weighted by molar-refractivity contribution is 7.90. The molecule has 0 fully saturated rings. The summed E-state index contributed by atoms with van der Waals surface area (Å²) in [5.74, 6) is -1.11. The molecule has 4 heterocycles. The van der Waals surface area contributed by atoms with Gasteiger partial charge in [0, 0.05) is 60.0 Å². The summed E-state index contributed by atoms with van der Waals surface area (Å²) in [6.07, 6.45) is 7.64. The van der Waals surface area contributed by atoms with Crippen molar-refractivity contribution in [2.45, 2.75) is 35.9 Å². The number of carbonyl (C=O) groups excluding carboxylic acids is 1. The minimum Gasteiger partial charge on any atom is -0.481 e. The van der Waals surface area contributed by atoms with E-state index < -0.39 is 25.6 Å². The minimum absolute atomic E-state index is 0.0203. The second-order valence-electron chi connectivity index (χ2n) is 9.40.